The Hall–Kier alpha value is -2.77. The smallest absolute Gasteiger partial charge is 0.277 e. The first-order valence-corrected chi connectivity index (χ1v) is 8.96. The molecule has 28 heavy (non-hydrogen) atoms. The van der Waals surface area contributed by atoms with Gasteiger partial charge in [-0.05, 0) is 49.4 Å². The number of nitrogens with zero attached hydrogens (tertiary/aromatic N) is 1. The van der Waals surface area contributed by atoms with E-state index in [1.165, 1.54) is 0 Å². The minimum atomic E-state index is -0.450. The van der Waals surface area contributed by atoms with Gasteiger partial charge in [0.05, 0.1) is 24.2 Å². The van der Waals surface area contributed by atoms with Crippen LogP contribution in [0.2, 0.25) is 10.0 Å². The molecule has 0 aliphatic rings. The Morgan fingerprint density at radius 2 is 1.71 bits per heavy atom. The van der Waals surface area contributed by atoms with E-state index in [4.69, 9.17) is 32.7 Å². The predicted octanol–water partition coefficient (Wildman–Crippen LogP) is 3.90. The molecule has 0 saturated carbocycles. The van der Waals surface area contributed by atoms with E-state index in [0.29, 0.717) is 32.9 Å². The highest BCUT2D eigenvalue weighted by atomic mass is 35.5. The number of amides is 2. The Bertz CT molecular complexity index is 870. The Morgan fingerprint density at radius 3 is 2.39 bits per heavy atom. The fourth-order valence-corrected chi connectivity index (χ4v) is 2.41. The topological polar surface area (TPSA) is 89.0 Å². The Balaban J connectivity index is 1.78. The van der Waals surface area contributed by atoms with Crippen LogP contribution in [0.4, 0.5) is 5.69 Å². The first-order chi connectivity index (χ1) is 13.4. The molecule has 0 saturated heterocycles. The molecular formula is C19H19Cl2N3O4. The van der Waals surface area contributed by atoms with Gasteiger partial charge in [0.1, 0.15) is 11.5 Å². The number of carbonyl (C=O) groups is 2. The molecular weight excluding hydrogens is 405 g/mol. The molecule has 9 heteroatoms. The van der Waals surface area contributed by atoms with Gasteiger partial charge in [-0.25, -0.2) is 5.43 Å². The molecule has 0 fully saturated rings. The summed E-state index contributed by atoms with van der Waals surface area (Å²) in [6, 6.07) is 11.6. The van der Waals surface area contributed by atoms with Crippen LogP contribution >= 0.6 is 23.2 Å². The van der Waals surface area contributed by atoms with Gasteiger partial charge >= 0.3 is 0 Å². The largest absolute Gasteiger partial charge is 0.497 e. The summed E-state index contributed by atoms with van der Waals surface area (Å²) in [6.45, 7) is 1.40. The second-order valence-corrected chi connectivity index (χ2v) is 6.54. The molecule has 2 N–H and O–H groups in total. The van der Waals surface area contributed by atoms with Gasteiger partial charge in [-0.2, -0.15) is 5.10 Å². The van der Waals surface area contributed by atoms with Crippen LogP contribution in [0.25, 0.3) is 0 Å². The Morgan fingerprint density at radius 1 is 1.04 bits per heavy atom. The van der Waals surface area contributed by atoms with Crippen molar-refractivity contribution in [2.75, 3.05) is 19.0 Å². The standard InChI is InChI=1S/C19H19Cl2N3O4/c1-12(9-18(25)22-17-10-13(20)3-8-16(17)21)23-24-19(26)11-28-15-6-4-14(27-2)5-7-15/h3-8,10H,9,11H2,1-2H3,(H,22,25)(H,24,26). The van der Waals surface area contributed by atoms with Crippen LogP contribution in [-0.4, -0.2) is 31.2 Å². The van der Waals surface area contributed by atoms with Gasteiger partial charge in [-0.15, -0.1) is 0 Å². The Kier molecular flexibility index (Phi) is 8.10. The van der Waals surface area contributed by atoms with Crippen molar-refractivity contribution in [3.63, 3.8) is 0 Å². The number of nitrogens with one attached hydrogen (secondary N) is 2. The summed E-state index contributed by atoms with van der Waals surface area (Å²) in [5, 5.41) is 7.35. The SMILES string of the molecule is COc1ccc(OCC(=O)NN=C(C)CC(=O)Nc2cc(Cl)ccc2Cl)cc1. The molecule has 0 radical (unpaired) electrons. The predicted molar refractivity (Wildman–Crippen MR) is 109 cm³/mol. The van der Waals surface area contributed by atoms with Crippen molar-refractivity contribution < 1.29 is 19.1 Å². The molecule has 2 amide bonds. The van der Waals surface area contributed by atoms with Crippen LogP contribution in [0, 0.1) is 0 Å². The van der Waals surface area contributed by atoms with Crippen molar-refractivity contribution in [2.24, 2.45) is 5.10 Å². The maximum absolute atomic E-state index is 12.1. The maximum Gasteiger partial charge on any atom is 0.277 e. The molecule has 2 aromatic rings. The molecule has 0 aliphatic heterocycles. The molecule has 0 heterocycles. The third-order valence-corrected chi connectivity index (χ3v) is 3.98. The highest BCUT2D eigenvalue weighted by Gasteiger charge is 2.09. The number of ether oxygens (including phenoxy) is 2. The van der Waals surface area contributed by atoms with Crippen molar-refractivity contribution in [3.8, 4) is 11.5 Å². The van der Waals surface area contributed by atoms with Gasteiger partial charge in [0, 0.05) is 10.7 Å². The van der Waals surface area contributed by atoms with Crippen molar-refractivity contribution in [1.29, 1.82) is 0 Å². The first kappa shape index (κ1) is 21.5. The van der Waals surface area contributed by atoms with Crippen molar-refractivity contribution >= 4 is 46.4 Å². The zero-order chi connectivity index (χ0) is 20.5. The molecule has 0 bridgehead atoms. The average Bonchev–Trinajstić information content (AvgIpc) is 2.68. The van der Waals surface area contributed by atoms with Crippen LogP contribution in [0.5, 0.6) is 11.5 Å². The van der Waals surface area contributed by atoms with Crippen molar-refractivity contribution in [1.82, 2.24) is 5.43 Å². The van der Waals surface area contributed by atoms with Gasteiger partial charge in [0.25, 0.3) is 5.91 Å². The minimum Gasteiger partial charge on any atom is -0.497 e. The van der Waals surface area contributed by atoms with E-state index in [1.54, 1.807) is 56.5 Å². The second-order valence-electron chi connectivity index (χ2n) is 5.70. The number of carbonyl (C=O) groups excluding carboxylic acids is 2. The zero-order valence-electron chi connectivity index (χ0n) is 15.3. The van der Waals surface area contributed by atoms with E-state index < -0.39 is 5.91 Å². The van der Waals surface area contributed by atoms with E-state index in [-0.39, 0.29) is 18.9 Å². The molecule has 148 valence electrons. The fourth-order valence-electron chi connectivity index (χ4n) is 2.07. The van der Waals surface area contributed by atoms with Crippen molar-refractivity contribution in [3.05, 3.63) is 52.5 Å². The second kappa shape index (κ2) is 10.5. The van der Waals surface area contributed by atoms with Gasteiger partial charge < -0.3 is 14.8 Å². The summed E-state index contributed by atoms with van der Waals surface area (Å²) in [7, 11) is 1.56. The van der Waals surface area contributed by atoms with E-state index in [0.717, 1.165) is 0 Å². The van der Waals surface area contributed by atoms with Crippen molar-refractivity contribution in [2.45, 2.75) is 13.3 Å². The van der Waals surface area contributed by atoms with Gasteiger partial charge in [-0.1, -0.05) is 23.2 Å². The molecule has 0 spiro atoms. The fraction of sp³-hybridized carbons (Fsp3) is 0.211. The lowest BCUT2D eigenvalue weighted by atomic mass is 10.2. The normalized spacial score (nSPS) is 10.9. The molecule has 0 unspecified atom stereocenters. The lowest BCUT2D eigenvalue weighted by Gasteiger charge is -2.08. The van der Waals surface area contributed by atoms with E-state index in [9.17, 15) is 9.59 Å². The first-order valence-electron chi connectivity index (χ1n) is 8.21. The molecule has 2 aromatic carbocycles. The third kappa shape index (κ3) is 7.09. The highest BCUT2D eigenvalue weighted by Crippen LogP contribution is 2.25. The number of benzene rings is 2. The van der Waals surface area contributed by atoms with Crippen LogP contribution in [-0.2, 0) is 9.59 Å². The molecule has 0 aromatic heterocycles. The van der Waals surface area contributed by atoms with Crippen LogP contribution < -0.4 is 20.2 Å². The van der Waals surface area contributed by atoms with Gasteiger partial charge in [0.2, 0.25) is 5.91 Å². The monoisotopic (exact) mass is 423 g/mol. The lowest BCUT2D eigenvalue weighted by molar-refractivity contribution is -0.123. The number of rotatable bonds is 8. The highest BCUT2D eigenvalue weighted by molar-refractivity contribution is 6.35. The molecule has 7 nitrogen and oxygen atoms in total. The number of anilines is 1. The Labute approximate surface area is 172 Å². The summed E-state index contributed by atoms with van der Waals surface area (Å²) in [6.07, 6.45) is -0.0253. The van der Waals surface area contributed by atoms with Crippen LogP contribution in [0.15, 0.2) is 47.6 Å². The average molecular weight is 424 g/mol. The van der Waals surface area contributed by atoms with Gasteiger partial charge in [0.15, 0.2) is 6.61 Å². The quantitative estimate of drug-likeness (QED) is 0.497. The third-order valence-electron chi connectivity index (χ3n) is 3.42. The number of halogens is 2. The number of methoxy groups -OCH3 is 1. The van der Waals surface area contributed by atoms with Gasteiger partial charge in [-0.3, -0.25) is 9.59 Å². The van der Waals surface area contributed by atoms with E-state index in [2.05, 4.69) is 15.8 Å². The maximum atomic E-state index is 12.1. The van der Waals surface area contributed by atoms with E-state index in [1.807, 2.05) is 0 Å². The van der Waals surface area contributed by atoms with E-state index >= 15 is 0 Å². The summed E-state index contributed by atoms with van der Waals surface area (Å²) >= 11 is 11.9. The number of hydrogen-bond donors (Lipinski definition) is 2. The summed E-state index contributed by atoms with van der Waals surface area (Å²) in [4.78, 5) is 23.9. The molecule has 0 atom stereocenters. The summed E-state index contributed by atoms with van der Waals surface area (Å²) < 4.78 is 10.4. The minimum absolute atomic E-state index is 0.0253. The number of hydrazone groups is 1. The lowest BCUT2D eigenvalue weighted by Crippen LogP contribution is -2.26. The zero-order valence-corrected chi connectivity index (χ0v) is 16.8. The summed E-state index contributed by atoms with van der Waals surface area (Å²) in [5.41, 5.74) is 3.15. The number of hydrogen-bond acceptors (Lipinski definition) is 5. The molecule has 2 rings (SSSR count). The van der Waals surface area contributed by atoms with Crippen LogP contribution in [0.1, 0.15) is 13.3 Å². The summed E-state index contributed by atoms with van der Waals surface area (Å²) in [5.74, 6) is 0.423. The molecule has 0 aliphatic carbocycles. The van der Waals surface area contributed by atoms with Crippen LogP contribution in [0.3, 0.4) is 0 Å².